The highest BCUT2D eigenvalue weighted by atomic mass is 16.7. The molecule has 20 heavy (non-hydrogen) atoms. The number of rotatable bonds is 3. The van der Waals surface area contributed by atoms with Crippen molar-refractivity contribution in [1.82, 2.24) is 4.98 Å². The van der Waals surface area contributed by atoms with Crippen molar-refractivity contribution >= 4 is 12.6 Å². The molecule has 4 nitrogen and oxygen atoms in total. The molecule has 0 atom stereocenters. The number of aryl methyl sites for hydroxylation is 2. The molecule has 1 aliphatic rings. The van der Waals surface area contributed by atoms with Gasteiger partial charge in [-0.2, -0.15) is 5.26 Å². The number of hydrogen-bond donors (Lipinski definition) is 0. The van der Waals surface area contributed by atoms with Crippen LogP contribution in [0.5, 0.6) is 0 Å². The van der Waals surface area contributed by atoms with Crippen LogP contribution < -0.4 is 5.46 Å². The van der Waals surface area contributed by atoms with E-state index in [4.69, 9.17) is 14.6 Å². The van der Waals surface area contributed by atoms with Gasteiger partial charge in [0.25, 0.3) is 0 Å². The lowest BCUT2D eigenvalue weighted by molar-refractivity contribution is 0.00578. The topological polar surface area (TPSA) is 55.1 Å². The summed E-state index contributed by atoms with van der Waals surface area (Å²) in [4.78, 5) is 4.41. The highest BCUT2D eigenvalue weighted by Gasteiger charge is 2.52. The van der Waals surface area contributed by atoms with Crippen molar-refractivity contribution in [1.29, 1.82) is 5.26 Å². The summed E-state index contributed by atoms with van der Waals surface area (Å²) in [6.45, 7) is 10.2. The maximum absolute atomic E-state index is 8.62. The fourth-order valence-corrected chi connectivity index (χ4v) is 2.16. The van der Waals surface area contributed by atoms with Gasteiger partial charge in [-0.1, -0.05) is 0 Å². The van der Waals surface area contributed by atoms with Crippen LogP contribution in [0.15, 0.2) is 12.3 Å². The first-order valence-electron chi connectivity index (χ1n) is 6.95. The van der Waals surface area contributed by atoms with Crippen LogP contribution in [-0.4, -0.2) is 23.3 Å². The first-order chi connectivity index (χ1) is 9.27. The van der Waals surface area contributed by atoms with Crippen molar-refractivity contribution in [3.63, 3.8) is 0 Å². The minimum absolute atomic E-state index is 0.344. The average molecular weight is 272 g/mol. The SMILES string of the molecule is Cc1cc(CCC#N)ncc1B1OC(C)(C)C(C)(C)O1. The van der Waals surface area contributed by atoms with Gasteiger partial charge in [0.15, 0.2) is 0 Å². The zero-order valence-corrected chi connectivity index (χ0v) is 12.9. The van der Waals surface area contributed by atoms with E-state index in [-0.39, 0.29) is 18.3 Å². The molecule has 1 fully saturated rings. The lowest BCUT2D eigenvalue weighted by atomic mass is 9.77. The Labute approximate surface area is 121 Å². The monoisotopic (exact) mass is 272 g/mol. The lowest BCUT2D eigenvalue weighted by Gasteiger charge is -2.32. The molecule has 0 N–H and O–H groups in total. The van der Waals surface area contributed by atoms with Crippen LogP contribution in [0, 0.1) is 18.3 Å². The second kappa shape index (κ2) is 5.19. The van der Waals surface area contributed by atoms with E-state index in [1.54, 1.807) is 0 Å². The molecule has 2 heterocycles. The molecule has 0 bridgehead atoms. The number of nitriles is 1. The molecule has 1 aliphatic heterocycles. The molecule has 1 saturated heterocycles. The number of hydrogen-bond acceptors (Lipinski definition) is 4. The molecule has 0 amide bonds. The predicted octanol–water partition coefficient (Wildman–Crippen LogP) is 2.15. The van der Waals surface area contributed by atoms with Crippen LogP contribution in [-0.2, 0) is 15.7 Å². The van der Waals surface area contributed by atoms with E-state index in [2.05, 4.69) is 11.1 Å². The molecule has 2 rings (SSSR count). The summed E-state index contributed by atoms with van der Waals surface area (Å²) in [5.41, 5.74) is 2.30. The Balaban J connectivity index is 2.21. The first-order valence-corrected chi connectivity index (χ1v) is 6.95. The molecule has 106 valence electrons. The largest absolute Gasteiger partial charge is 0.496 e. The standard InChI is InChI=1S/C15H21BN2O2/c1-11-9-12(7-6-8-17)18-10-13(11)16-19-14(2,3)15(4,5)20-16/h9-10H,6-7H2,1-5H3. The molecule has 1 aromatic heterocycles. The van der Waals surface area contributed by atoms with Gasteiger partial charge in [0.05, 0.1) is 17.3 Å². The van der Waals surface area contributed by atoms with Crippen molar-refractivity contribution < 1.29 is 9.31 Å². The van der Waals surface area contributed by atoms with Crippen LogP contribution in [0.4, 0.5) is 0 Å². The Morgan fingerprint density at radius 2 is 1.85 bits per heavy atom. The normalized spacial score (nSPS) is 19.9. The minimum atomic E-state index is -0.377. The summed E-state index contributed by atoms with van der Waals surface area (Å²) in [5.74, 6) is 0. The van der Waals surface area contributed by atoms with E-state index in [0.29, 0.717) is 12.8 Å². The van der Waals surface area contributed by atoms with Gasteiger partial charge < -0.3 is 9.31 Å². The Hall–Kier alpha value is -1.38. The number of nitrogens with zero attached hydrogens (tertiary/aromatic N) is 2. The fraction of sp³-hybridized carbons (Fsp3) is 0.600. The predicted molar refractivity (Wildman–Crippen MR) is 78.6 cm³/mol. The van der Waals surface area contributed by atoms with E-state index in [9.17, 15) is 0 Å². The third-order valence-corrected chi connectivity index (χ3v) is 4.21. The van der Waals surface area contributed by atoms with E-state index < -0.39 is 0 Å². The number of aromatic nitrogens is 1. The molecular formula is C15H21BN2O2. The van der Waals surface area contributed by atoms with Crippen molar-refractivity contribution in [2.45, 2.75) is 58.7 Å². The third-order valence-electron chi connectivity index (χ3n) is 4.21. The van der Waals surface area contributed by atoms with E-state index in [0.717, 1.165) is 16.7 Å². The summed E-state index contributed by atoms with van der Waals surface area (Å²) < 4.78 is 12.1. The second-order valence-corrected chi connectivity index (χ2v) is 6.28. The van der Waals surface area contributed by atoms with Gasteiger partial charge in [-0.25, -0.2) is 0 Å². The van der Waals surface area contributed by atoms with Crippen molar-refractivity contribution in [3.8, 4) is 6.07 Å². The summed E-state index contributed by atoms with van der Waals surface area (Å²) in [6, 6.07) is 4.15. The smallest absolute Gasteiger partial charge is 0.399 e. The Morgan fingerprint density at radius 3 is 2.35 bits per heavy atom. The molecule has 0 spiro atoms. The lowest BCUT2D eigenvalue weighted by Crippen LogP contribution is -2.41. The van der Waals surface area contributed by atoms with E-state index >= 15 is 0 Å². The van der Waals surface area contributed by atoms with Crippen LogP contribution in [0.1, 0.15) is 45.4 Å². The summed E-state index contributed by atoms with van der Waals surface area (Å²) in [6.07, 6.45) is 2.98. The van der Waals surface area contributed by atoms with Crippen molar-refractivity contribution in [2.24, 2.45) is 0 Å². The van der Waals surface area contributed by atoms with Gasteiger partial charge in [-0.3, -0.25) is 4.98 Å². The van der Waals surface area contributed by atoms with Crippen LogP contribution >= 0.6 is 0 Å². The van der Waals surface area contributed by atoms with Gasteiger partial charge in [-0.15, -0.1) is 0 Å². The Morgan fingerprint density at radius 1 is 1.25 bits per heavy atom. The summed E-state index contributed by atoms with van der Waals surface area (Å²) in [5, 5.41) is 8.62. The van der Waals surface area contributed by atoms with Gasteiger partial charge >= 0.3 is 7.12 Å². The second-order valence-electron chi connectivity index (χ2n) is 6.28. The summed E-state index contributed by atoms with van der Waals surface area (Å²) in [7, 11) is -0.377. The Kier molecular flexibility index (Phi) is 3.90. The highest BCUT2D eigenvalue weighted by Crippen LogP contribution is 2.36. The molecule has 5 heteroatoms. The quantitative estimate of drug-likeness (QED) is 0.791. The zero-order valence-electron chi connectivity index (χ0n) is 12.9. The maximum Gasteiger partial charge on any atom is 0.496 e. The average Bonchev–Trinajstić information content (AvgIpc) is 2.55. The van der Waals surface area contributed by atoms with Crippen LogP contribution in [0.3, 0.4) is 0 Å². The van der Waals surface area contributed by atoms with Crippen LogP contribution in [0.25, 0.3) is 0 Å². The van der Waals surface area contributed by atoms with Gasteiger partial charge in [0, 0.05) is 30.2 Å². The van der Waals surface area contributed by atoms with E-state index in [1.807, 2.05) is 46.9 Å². The maximum atomic E-state index is 8.62. The molecular weight excluding hydrogens is 251 g/mol. The van der Waals surface area contributed by atoms with Gasteiger partial charge in [0.2, 0.25) is 0 Å². The fourth-order valence-electron chi connectivity index (χ4n) is 2.16. The molecule has 0 radical (unpaired) electrons. The highest BCUT2D eigenvalue weighted by molar-refractivity contribution is 6.62. The van der Waals surface area contributed by atoms with Crippen LogP contribution in [0.2, 0.25) is 0 Å². The van der Waals surface area contributed by atoms with E-state index in [1.165, 1.54) is 0 Å². The molecule has 0 unspecified atom stereocenters. The Bertz CT molecular complexity index is 533. The molecule has 1 aromatic rings. The van der Waals surface area contributed by atoms with Gasteiger partial charge in [0.1, 0.15) is 0 Å². The van der Waals surface area contributed by atoms with Crippen molar-refractivity contribution in [2.75, 3.05) is 0 Å². The zero-order chi connectivity index (χ0) is 15.0. The first kappa shape index (κ1) is 15.0. The minimum Gasteiger partial charge on any atom is -0.399 e. The molecule has 0 aromatic carbocycles. The molecule has 0 saturated carbocycles. The van der Waals surface area contributed by atoms with Crippen molar-refractivity contribution in [3.05, 3.63) is 23.5 Å². The third kappa shape index (κ3) is 2.72. The van der Waals surface area contributed by atoms with Gasteiger partial charge in [-0.05, 0) is 46.2 Å². The number of pyridine rings is 1. The summed E-state index contributed by atoms with van der Waals surface area (Å²) >= 11 is 0. The molecule has 0 aliphatic carbocycles.